The highest BCUT2D eigenvalue weighted by Crippen LogP contribution is 2.23. The lowest BCUT2D eigenvalue weighted by Crippen LogP contribution is -2.43. The summed E-state index contributed by atoms with van der Waals surface area (Å²) in [6.07, 6.45) is -3.28. The van der Waals surface area contributed by atoms with Crippen LogP contribution in [0.25, 0.3) is 11.1 Å². The number of rotatable bonds is 12. The van der Waals surface area contributed by atoms with Gasteiger partial charge >= 0.3 is 6.43 Å². The van der Waals surface area contributed by atoms with E-state index >= 15 is 0 Å². The van der Waals surface area contributed by atoms with Crippen molar-refractivity contribution < 1.29 is 36.2 Å². The smallest absolute Gasteiger partial charge is 0.315 e. The van der Waals surface area contributed by atoms with E-state index in [9.17, 15) is 31.5 Å². The first-order chi connectivity index (χ1) is 15.2. The molecule has 0 aliphatic carbocycles. The maximum atomic E-state index is 13.1. The topological polar surface area (TPSA) is 118 Å². The lowest BCUT2D eigenvalue weighted by molar-refractivity contribution is -0.133. The Morgan fingerprint density at radius 1 is 1.16 bits per heavy atom. The van der Waals surface area contributed by atoms with E-state index in [2.05, 4.69) is 9.71 Å². The molecule has 0 radical (unpaired) electrons. The van der Waals surface area contributed by atoms with Crippen LogP contribution >= 0.6 is 0 Å². The molecule has 0 saturated heterocycles. The second kappa shape index (κ2) is 11.9. The van der Waals surface area contributed by atoms with E-state index in [1.807, 2.05) is 0 Å². The molecule has 0 aliphatic rings. The molecule has 176 valence electrons. The number of alkyl halides is 3. The summed E-state index contributed by atoms with van der Waals surface area (Å²) >= 11 is 0. The fourth-order valence-corrected chi connectivity index (χ4v) is 3.60. The Labute approximate surface area is 183 Å². The third kappa shape index (κ3) is 7.55. The average Bonchev–Trinajstić information content (AvgIpc) is 2.79. The molecule has 2 rings (SSSR count). The van der Waals surface area contributed by atoms with E-state index in [-0.39, 0.29) is 24.5 Å². The normalized spacial score (nSPS) is 13.7. The van der Waals surface area contributed by atoms with Crippen LogP contribution in [0.3, 0.4) is 0 Å². The minimum absolute atomic E-state index is 0.0203. The van der Waals surface area contributed by atoms with Crippen LogP contribution in [0.4, 0.5) is 13.2 Å². The fourth-order valence-electron chi connectivity index (χ4n) is 2.70. The van der Waals surface area contributed by atoms with Crippen molar-refractivity contribution >= 4 is 15.9 Å². The summed E-state index contributed by atoms with van der Waals surface area (Å²) in [4.78, 5) is 15.3. The maximum absolute atomic E-state index is 13.1. The van der Waals surface area contributed by atoms with E-state index in [4.69, 9.17) is 4.74 Å². The summed E-state index contributed by atoms with van der Waals surface area (Å²) in [6, 6.07) is 8.07. The van der Waals surface area contributed by atoms with Gasteiger partial charge in [-0.15, -0.1) is 0 Å². The van der Waals surface area contributed by atoms with Gasteiger partial charge in [0.1, 0.15) is 12.8 Å². The van der Waals surface area contributed by atoms with Crippen molar-refractivity contribution in [1.82, 2.24) is 15.0 Å². The van der Waals surface area contributed by atoms with E-state index in [1.54, 1.807) is 29.6 Å². The highest BCUT2D eigenvalue weighted by molar-refractivity contribution is 7.89. The van der Waals surface area contributed by atoms with E-state index < -0.39 is 41.2 Å². The van der Waals surface area contributed by atoms with Crippen LogP contribution < -0.4 is 10.0 Å². The number of hydrogen-bond donors (Lipinski definition) is 3. The zero-order valence-corrected chi connectivity index (χ0v) is 18.0. The minimum atomic E-state index is -3.47. The molecule has 0 bridgehead atoms. The molecule has 1 amide bonds. The number of amides is 1. The van der Waals surface area contributed by atoms with E-state index in [1.165, 1.54) is 25.4 Å². The summed E-state index contributed by atoms with van der Waals surface area (Å²) in [5, 5.41) is 12.0. The van der Waals surface area contributed by atoms with Crippen LogP contribution in [0.5, 0.6) is 0 Å². The Morgan fingerprint density at radius 3 is 2.34 bits per heavy atom. The summed E-state index contributed by atoms with van der Waals surface area (Å²) < 4.78 is 68.6. The lowest BCUT2D eigenvalue weighted by Gasteiger charge is -2.22. The fraction of sp³-hybridized carbons (Fsp3) is 0.400. The zero-order valence-electron chi connectivity index (χ0n) is 17.2. The number of benzene rings is 1. The number of sulfonamides is 1. The molecule has 2 atom stereocenters. The van der Waals surface area contributed by atoms with Crippen molar-refractivity contribution in [3.8, 4) is 11.1 Å². The number of carbonyl (C=O) groups is 1. The number of aliphatic hydroxyl groups excluding tert-OH is 1. The molecule has 1 heterocycles. The molecule has 1 aromatic heterocycles. The van der Waals surface area contributed by atoms with Gasteiger partial charge in [0.2, 0.25) is 10.0 Å². The zero-order chi connectivity index (χ0) is 23.7. The van der Waals surface area contributed by atoms with Crippen molar-refractivity contribution in [2.45, 2.75) is 25.1 Å². The molecule has 0 fully saturated rings. The molecule has 3 N–H and O–H groups in total. The van der Waals surface area contributed by atoms with Gasteiger partial charge in [0.05, 0.1) is 30.6 Å². The monoisotopic (exact) mass is 475 g/mol. The van der Waals surface area contributed by atoms with Crippen molar-refractivity contribution in [2.75, 3.05) is 26.1 Å². The van der Waals surface area contributed by atoms with Crippen molar-refractivity contribution in [1.29, 1.82) is 0 Å². The molecule has 32 heavy (non-hydrogen) atoms. The molecule has 0 saturated carbocycles. The van der Waals surface area contributed by atoms with Crippen LogP contribution in [0.2, 0.25) is 0 Å². The molecule has 0 spiro atoms. The minimum Gasteiger partial charge on any atom is -0.386 e. The second-order valence-corrected chi connectivity index (χ2v) is 8.73. The quantitative estimate of drug-likeness (QED) is 0.429. The number of carbonyl (C=O) groups excluding carboxylic acids is 1. The van der Waals surface area contributed by atoms with Crippen LogP contribution in [-0.4, -0.2) is 63.0 Å². The number of aromatic nitrogens is 1. The number of nitrogens with zero attached hydrogens (tertiary/aromatic N) is 1. The molecule has 1 aromatic carbocycles. The van der Waals surface area contributed by atoms with Gasteiger partial charge in [-0.2, -0.15) is 8.78 Å². The third-order valence-electron chi connectivity index (χ3n) is 4.51. The second-order valence-electron chi connectivity index (χ2n) is 6.81. The van der Waals surface area contributed by atoms with Gasteiger partial charge in [0.15, 0.2) is 0 Å². The molecule has 0 aliphatic heterocycles. The Bertz CT molecular complexity index is 973. The summed E-state index contributed by atoms with van der Waals surface area (Å²) in [5.74, 6) is -1.81. The number of pyridine rings is 1. The van der Waals surface area contributed by atoms with Gasteiger partial charge in [-0.25, -0.2) is 17.5 Å². The van der Waals surface area contributed by atoms with Gasteiger partial charge in [0, 0.05) is 18.9 Å². The van der Waals surface area contributed by atoms with Crippen LogP contribution in [0.15, 0.2) is 42.6 Å². The van der Waals surface area contributed by atoms with Crippen molar-refractivity contribution in [3.63, 3.8) is 0 Å². The van der Waals surface area contributed by atoms with Gasteiger partial charge in [-0.1, -0.05) is 30.3 Å². The predicted octanol–water partition coefficient (Wildman–Crippen LogP) is 1.57. The lowest BCUT2D eigenvalue weighted by atomic mass is 9.99. The molecular formula is C20H24F3N3O5S. The summed E-state index contributed by atoms with van der Waals surface area (Å²) in [5.41, 5.74) is 2.14. The summed E-state index contributed by atoms with van der Waals surface area (Å²) in [6.45, 7) is -1.12. The SMILES string of the molecule is COCCS(=O)(=O)NCc1ccc(-c2ccc([C@H](O)[C@@H](CF)NC(=O)C(F)F)cc2)cn1. The number of ether oxygens (including phenoxy) is 1. The Hall–Kier alpha value is -2.54. The van der Waals surface area contributed by atoms with Crippen LogP contribution in [0.1, 0.15) is 17.4 Å². The standard InChI is InChI=1S/C20H24F3N3O5S/c1-31-8-9-32(29,30)25-12-16-7-6-15(11-24-16)13-2-4-14(5-3-13)18(27)17(10-21)26-20(28)19(22)23/h2-7,11,17-19,25,27H,8-10,12H2,1H3,(H,26,28)/t17-,18+/m1/s1. The largest absolute Gasteiger partial charge is 0.386 e. The maximum Gasteiger partial charge on any atom is 0.315 e. The highest BCUT2D eigenvalue weighted by atomic mass is 32.2. The molecule has 12 heteroatoms. The first-order valence-electron chi connectivity index (χ1n) is 9.51. The average molecular weight is 475 g/mol. The first kappa shape index (κ1) is 25.7. The van der Waals surface area contributed by atoms with Gasteiger partial charge in [-0.3, -0.25) is 9.78 Å². The molecular weight excluding hydrogens is 451 g/mol. The number of nitrogens with one attached hydrogen (secondary N) is 2. The third-order valence-corrected chi connectivity index (χ3v) is 5.80. The molecule has 2 aromatic rings. The van der Waals surface area contributed by atoms with Gasteiger partial charge < -0.3 is 15.2 Å². The van der Waals surface area contributed by atoms with E-state index in [0.29, 0.717) is 16.8 Å². The number of methoxy groups -OCH3 is 1. The number of halogens is 3. The van der Waals surface area contributed by atoms with Crippen LogP contribution in [0, 0.1) is 0 Å². The Balaban J connectivity index is 2.02. The first-order valence-corrected chi connectivity index (χ1v) is 11.2. The Kier molecular flexibility index (Phi) is 9.57. The highest BCUT2D eigenvalue weighted by Gasteiger charge is 2.26. The number of hydrogen-bond acceptors (Lipinski definition) is 6. The van der Waals surface area contributed by atoms with Crippen molar-refractivity contribution in [3.05, 3.63) is 53.9 Å². The van der Waals surface area contributed by atoms with E-state index in [0.717, 1.165) is 0 Å². The van der Waals surface area contributed by atoms with Gasteiger partial charge in [-0.05, 0) is 17.2 Å². The van der Waals surface area contributed by atoms with Crippen molar-refractivity contribution in [2.24, 2.45) is 0 Å². The molecule has 0 unspecified atom stereocenters. The van der Waals surface area contributed by atoms with Gasteiger partial charge in [0.25, 0.3) is 5.91 Å². The predicted molar refractivity (Wildman–Crippen MR) is 111 cm³/mol. The number of aliphatic hydroxyl groups is 1. The summed E-state index contributed by atoms with van der Waals surface area (Å²) in [7, 11) is -2.06. The Morgan fingerprint density at radius 2 is 1.81 bits per heavy atom. The molecule has 8 nitrogen and oxygen atoms in total. The van der Waals surface area contributed by atoms with Crippen LogP contribution in [-0.2, 0) is 26.1 Å².